The number of anilines is 1. The van der Waals surface area contributed by atoms with Crippen molar-refractivity contribution >= 4 is 17.4 Å². The second-order valence-electron chi connectivity index (χ2n) is 5.41. The predicted octanol–water partition coefficient (Wildman–Crippen LogP) is 2.33. The van der Waals surface area contributed by atoms with E-state index in [1.807, 2.05) is 30.3 Å². The van der Waals surface area contributed by atoms with Crippen molar-refractivity contribution in [3.63, 3.8) is 0 Å². The molecule has 0 radical (unpaired) electrons. The van der Waals surface area contributed by atoms with Crippen LogP contribution in [0.3, 0.4) is 0 Å². The zero-order valence-electron chi connectivity index (χ0n) is 12.4. The third kappa shape index (κ3) is 3.47. The van der Waals surface area contributed by atoms with Crippen LogP contribution >= 0.6 is 0 Å². The SMILES string of the molecule is O=C(Nc1ccc([C@H]2CC(=O)[C@H](CO)O2)cc1)c1ccccc1. The molecule has 5 heteroatoms. The molecule has 1 aliphatic heterocycles. The van der Waals surface area contributed by atoms with E-state index in [0.717, 1.165) is 5.56 Å². The van der Waals surface area contributed by atoms with Gasteiger partial charge in [0.05, 0.1) is 12.7 Å². The van der Waals surface area contributed by atoms with E-state index in [-0.39, 0.29) is 30.8 Å². The minimum Gasteiger partial charge on any atom is -0.393 e. The van der Waals surface area contributed by atoms with Gasteiger partial charge in [0.25, 0.3) is 5.91 Å². The quantitative estimate of drug-likeness (QED) is 0.908. The maximum absolute atomic E-state index is 12.1. The summed E-state index contributed by atoms with van der Waals surface area (Å²) in [6.07, 6.45) is -0.794. The van der Waals surface area contributed by atoms with Crippen LogP contribution < -0.4 is 5.32 Å². The summed E-state index contributed by atoms with van der Waals surface area (Å²) in [7, 11) is 0. The van der Waals surface area contributed by atoms with Crippen molar-refractivity contribution in [2.75, 3.05) is 11.9 Å². The Morgan fingerprint density at radius 1 is 1.13 bits per heavy atom. The molecule has 1 amide bonds. The van der Waals surface area contributed by atoms with Gasteiger partial charge >= 0.3 is 0 Å². The first-order valence-corrected chi connectivity index (χ1v) is 7.43. The third-order valence-electron chi connectivity index (χ3n) is 3.82. The number of ketones is 1. The summed E-state index contributed by atoms with van der Waals surface area (Å²) in [5, 5.41) is 11.9. The van der Waals surface area contributed by atoms with E-state index in [9.17, 15) is 9.59 Å². The zero-order chi connectivity index (χ0) is 16.2. The van der Waals surface area contributed by atoms with Crippen LogP contribution in [0, 0.1) is 0 Å². The Labute approximate surface area is 133 Å². The molecule has 1 aliphatic rings. The fourth-order valence-corrected chi connectivity index (χ4v) is 2.55. The van der Waals surface area contributed by atoms with Crippen LogP contribution in [0.2, 0.25) is 0 Å². The van der Waals surface area contributed by atoms with Crippen LogP contribution in [0.15, 0.2) is 54.6 Å². The van der Waals surface area contributed by atoms with Crippen molar-refractivity contribution in [1.82, 2.24) is 0 Å². The standard InChI is InChI=1S/C18H17NO4/c20-11-17-15(21)10-16(23-17)12-6-8-14(9-7-12)19-18(22)13-4-2-1-3-5-13/h1-9,16-17,20H,10-11H2,(H,19,22)/t16-,17+/m1/s1. The Hall–Kier alpha value is -2.50. The number of aliphatic hydroxyl groups excluding tert-OH is 1. The molecule has 1 heterocycles. The summed E-state index contributed by atoms with van der Waals surface area (Å²) in [5.41, 5.74) is 2.12. The van der Waals surface area contributed by atoms with Gasteiger partial charge in [0.15, 0.2) is 5.78 Å². The van der Waals surface area contributed by atoms with Crippen LogP contribution in [0.5, 0.6) is 0 Å². The highest BCUT2D eigenvalue weighted by molar-refractivity contribution is 6.04. The minimum atomic E-state index is -0.725. The summed E-state index contributed by atoms with van der Waals surface area (Å²) in [5.74, 6) is -0.259. The first kappa shape index (κ1) is 15.4. The van der Waals surface area contributed by atoms with Crippen molar-refractivity contribution in [3.8, 4) is 0 Å². The summed E-state index contributed by atoms with van der Waals surface area (Å²) in [6, 6.07) is 16.2. The van der Waals surface area contributed by atoms with E-state index in [4.69, 9.17) is 9.84 Å². The number of hydrogen-bond acceptors (Lipinski definition) is 4. The van der Waals surface area contributed by atoms with Gasteiger partial charge in [-0.15, -0.1) is 0 Å². The zero-order valence-corrected chi connectivity index (χ0v) is 12.4. The molecule has 1 fully saturated rings. The van der Waals surface area contributed by atoms with E-state index in [0.29, 0.717) is 11.3 Å². The molecule has 0 unspecified atom stereocenters. The van der Waals surface area contributed by atoms with Gasteiger partial charge in [-0.2, -0.15) is 0 Å². The van der Waals surface area contributed by atoms with Gasteiger partial charge in [0.2, 0.25) is 0 Å². The van der Waals surface area contributed by atoms with Crippen LogP contribution in [-0.4, -0.2) is 29.5 Å². The Morgan fingerprint density at radius 2 is 1.83 bits per heavy atom. The van der Waals surface area contributed by atoms with E-state index in [1.54, 1.807) is 24.3 Å². The normalized spacial score (nSPS) is 20.5. The molecular weight excluding hydrogens is 294 g/mol. The van der Waals surface area contributed by atoms with Crippen molar-refractivity contribution in [1.29, 1.82) is 0 Å². The fraction of sp³-hybridized carbons (Fsp3) is 0.222. The van der Waals surface area contributed by atoms with Gasteiger partial charge < -0.3 is 15.2 Å². The fourth-order valence-electron chi connectivity index (χ4n) is 2.55. The minimum absolute atomic E-state index is 0.0843. The number of hydrogen-bond donors (Lipinski definition) is 2. The average Bonchev–Trinajstić information content (AvgIpc) is 2.97. The topological polar surface area (TPSA) is 75.6 Å². The lowest BCUT2D eigenvalue weighted by atomic mass is 10.1. The third-order valence-corrected chi connectivity index (χ3v) is 3.82. The van der Waals surface area contributed by atoms with Crippen LogP contribution in [-0.2, 0) is 9.53 Å². The summed E-state index contributed by atoms with van der Waals surface area (Å²) >= 11 is 0. The van der Waals surface area contributed by atoms with Crippen LogP contribution in [0.25, 0.3) is 0 Å². The number of nitrogens with one attached hydrogen (secondary N) is 1. The van der Waals surface area contributed by atoms with Gasteiger partial charge in [0.1, 0.15) is 6.10 Å². The molecule has 0 bridgehead atoms. The summed E-state index contributed by atoms with van der Waals surface area (Å²) in [6.45, 7) is -0.291. The number of Topliss-reactive ketones (excluding diaryl/α,β-unsaturated/α-hetero) is 1. The molecular formula is C18H17NO4. The smallest absolute Gasteiger partial charge is 0.255 e. The molecule has 0 aromatic heterocycles. The number of aliphatic hydroxyl groups is 1. The molecule has 0 aliphatic carbocycles. The van der Waals surface area contributed by atoms with Gasteiger partial charge in [-0.1, -0.05) is 30.3 Å². The molecule has 2 aromatic carbocycles. The van der Waals surface area contributed by atoms with Crippen molar-refractivity contribution in [2.45, 2.75) is 18.6 Å². The van der Waals surface area contributed by atoms with Crippen molar-refractivity contribution in [2.24, 2.45) is 0 Å². The second-order valence-corrected chi connectivity index (χ2v) is 5.41. The van der Waals surface area contributed by atoms with Crippen molar-refractivity contribution < 1.29 is 19.4 Å². The van der Waals surface area contributed by atoms with E-state index >= 15 is 0 Å². The monoisotopic (exact) mass is 311 g/mol. The highest BCUT2D eigenvalue weighted by Gasteiger charge is 2.33. The first-order chi connectivity index (χ1) is 11.2. The largest absolute Gasteiger partial charge is 0.393 e. The molecule has 5 nitrogen and oxygen atoms in total. The molecule has 23 heavy (non-hydrogen) atoms. The Bertz CT molecular complexity index is 697. The lowest BCUT2D eigenvalue weighted by molar-refractivity contribution is -0.124. The Morgan fingerprint density at radius 3 is 2.43 bits per heavy atom. The molecule has 0 spiro atoms. The Balaban J connectivity index is 1.66. The van der Waals surface area contributed by atoms with Crippen LogP contribution in [0.1, 0.15) is 28.4 Å². The molecule has 2 aromatic rings. The molecule has 0 saturated carbocycles. The highest BCUT2D eigenvalue weighted by Crippen LogP contribution is 2.31. The lowest BCUT2D eigenvalue weighted by Crippen LogP contribution is -2.19. The molecule has 2 N–H and O–H groups in total. The molecule has 2 atom stereocenters. The van der Waals surface area contributed by atoms with Gasteiger partial charge in [-0.3, -0.25) is 9.59 Å². The van der Waals surface area contributed by atoms with Crippen molar-refractivity contribution in [3.05, 3.63) is 65.7 Å². The predicted molar refractivity (Wildman–Crippen MR) is 85.2 cm³/mol. The second kappa shape index (κ2) is 6.73. The van der Waals surface area contributed by atoms with E-state index in [2.05, 4.69) is 5.32 Å². The summed E-state index contributed by atoms with van der Waals surface area (Å²) < 4.78 is 5.51. The number of carbonyl (C=O) groups is 2. The number of benzene rings is 2. The van der Waals surface area contributed by atoms with Gasteiger partial charge in [-0.05, 0) is 29.8 Å². The highest BCUT2D eigenvalue weighted by atomic mass is 16.5. The average molecular weight is 311 g/mol. The van der Waals surface area contributed by atoms with E-state index in [1.165, 1.54) is 0 Å². The number of carbonyl (C=O) groups excluding carboxylic acids is 2. The van der Waals surface area contributed by atoms with Gasteiger partial charge in [-0.25, -0.2) is 0 Å². The van der Waals surface area contributed by atoms with Gasteiger partial charge in [0, 0.05) is 17.7 Å². The molecule has 3 rings (SSSR count). The van der Waals surface area contributed by atoms with E-state index < -0.39 is 6.10 Å². The number of amides is 1. The van der Waals surface area contributed by atoms with Crippen LogP contribution in [0.4, 0.5) is 5.69 Å². The maximum atomic E-state index is 12.1. The molecule has 1 saturated heterocycles. The first-order valence-electron chi connectivity index (χ1n) is 7.43. The maximum Gasteiger partial charge on any atom is 0.255 e. The summed E-state index contributed by atoms with van der Waals surface area (Å²) in [4.78, 5) is 23.7. The molecule has 118 valence electrons. The lowest BCUT2D eigenvalue weighted by Gasteiger charge is -2.12. The Kier molecular flexibility index (Phi) is 4.50. The number of rotatable bonds is 4. The number of ether oxygens (including phenoxy) is 1.